The van der Waals surface area contributed by atoms with Crippen LogP contribution in [0, 0.1) is 0 Å². The van der Waals surface area contributed by atoms with E-state index in [2.05, 4.69) is 4.90 Å². The maximum atomic E-state index is 13.4. The number of hydrogen-bond acceptors (Lipinski definition) is 6. The van der Waals surface area contributed by atoms with Gasteiger partial charge in [-0.3, -0.25) is 4.90 Å². The largest absolute Gasteiger partial charge is 0.507 e. The molecule has 0 aliphatic rings. The number of benzene rings is 4. The number of nitrogens with zero attached hydrogens (tertiary/aromatic N) is 1. The third-order valence-corrected chi connectivity index (χ3v) is 9.07. The van der Waals surface area contributed by atoms with Crippen molar-refractivity contribution in [3.8, 4) is 5.75 Å². The molecule has 0 amide bonds. The minimum atomic E-state index is -3.99. The van der Waals surface area contributed by atoms with E-state index in [1.807, 2.05) is 42.5 Å². The van der Waals surface area contributed by atoms with E-state index in [0.717, 1.165) is 22.8 Å². The number of phenols is 1. The molecule has 0 aliphatic heterocycles. The number of aliphatic hydroxyl groups excluding tert-OH is 1. The lowest BCUT2D eigenvalue weighted by molar-refractivity contribution is 0.0693. The van der Waals surface area contributed by atoms with Crippen molar-refractivity contribution in [2.45, 2.75) is 42.2 Å². The van der Waals surface area contributed by atoms with E-state index in [0.29, 0.717) is 31.1 Å². The fraction of sp³-hybridized carbons (Fsp3) is 0.219. The molecule has 0 heterocycles. The van der Waals surface area contributed by atoms with Crippen LogP contribution >= 0.6 is 11.6 Å². The van der Waals surface area contributed by atoms with Crippen LogP contribution in [0.3, 0.4) is 0 Å². The molecule has 214 valence electrons. The van der Waals surface area contributed by atoms with E-state index in [9.17, 15) is 28.5 Å². The molecule has 1 unspecified atom stereocenters. The van der Waals surface area contributed by atoms with E-state index in [1.54, 1.807) is 31.2 Å². The van der Waals surface area contributed by atoms with E-state index in [1.165, 1.54) is 18.2 Å². The van der Waals surface area contributed by atoms with Crippen LogP contribution in [0.1, 0.15) is 45.6 Å². The highest BCUT2D eigenvalue weighted by atomic mass is 35.5. The maximum absolute atomic E-state index is 13.4. The van der Waals surface area contributed by atoms with Crippen molar-refractivity contribution in [3.63, 3.8) is 0 Å². The summed E-state index contributed by atoms with van der Waals surface area (Å²) in [5.74, 6) is -1.86. The van der Waals surface area contributed by atoms with Gasteiger partial charge in [-0.2, -0.15) is 0 Å². The van der Waals surface area contributed by atoms with Gasteiger partial charge in [0, 0.05) is 30.2 Å². The molecule has 0 aromatic heterocycles. The molecule has 0 saturated heterocycles. The van der Waals surface area contributed by atoms with Gasteiger partial charge >= 0.3 is 5.97 Å². The summed E-state index contributed by atoms with van der Waals surface area (Å²) in [6, 6.07) is 26.0. The van der Waals surface area contributed by atoms with Crippen LogP contribution in [0.2, 0.25) is 5.02 Å². The third kappa shape index (κ3) is 7.34. The number of rotatable bonds is 12. The Morgan fingerprint density at radius 1 is 0.927 bits per heavy atom. The Morgan fingerprint density at radius 2 is 1.63 bits per heavy atom. The average molecular weight is 594 g/mol. The number of carbonyl (C=O) groups is 1. The molecule has 4 rings (SSSR count). The summed E-state index contributed by atoms with van der Waals surface area (Å²) in [6.07, 6.45) is 0.0309. The summed E-state index contributed by atoms with van der Waals surface area (Å²) >= 11 is 6.12. The fourth-order valence-corrected chi connectivity index (χ4v) is 6.53. The summed E-state index contributed by atoms with van der Waals surface area (Å²) < 4.78 is 26.8. The number of hydrogen-bond donors (Lipinski definition) is 3. The fourth-order valence-electron chi connectivity index (χ4n) is 4.77. The van der Waals surface area contributed by atoms with Crippen molar-refractivity contribution in [1.29, 1.82) is 0 Å². The Balaban J connectivity index is 1.51. The van der Waals surface area contributed by atoms with Gasteiger partial charge in [0.2, 0.25) is 9.84 Å². The molecule has 0 saturated carbocycles. The molecule has 0 fully saturated rings. The van der Waals surface area contributed by atoms with Crippen LogP contribution in [-0.2, 0) is 29.2 Å². The average Bonchev–Trinajstić information content (AvgIpc) is 2.96. The van der Waals surface area contributed by atoms with Gasteiger partial charge in [0.05, 0.1) is 15.9 Å². The number of sulfone groups is 1. The van der Waals surface area contributed by atoms with Crippen LogP contribution in [0.4, 0.5) is 0 Å². The van der Waals surface area contributed by atoms with Crippen LogP contribution < -0.4 is 0 Å². The number of aliphatic hydroxyl groups is 1. The molecule has 1 atom stereocenters. The van der Waals surface area contributed by atoms with Gasteiger partial charge in [-0.05, 0) is 65.9 Å². The van der Waals surface area contributed by atoms with Crippen molar-refractivity contribution >= 4 is 27.4 Å². The lowest BCUT2D eigenvalue weighted by atomic mass is 10.1. The van der Waals surface area contributed by atoms with E-state index in [-0.39, 0.29) is 27.3 Å². The lowest BCUT2D eigenvalue weighted by Gasteiger charge is -2.25. The van der Waals surface area contributed by atoms with Crippen LogP contribution in [-0.4, -0.2) is 47.7 Å². The summed E-state index contributed by atoms with van der Waals surface area (Å²) in [6.45, 7) is 3.29. The highest BCUT2D eigenvalue weighted by Gasteiger charge is 2.25. The zero-order valence-corrected chi connectivity index (χ0v) is 24.1. The summed E-state index contributed by atoms with van der Waals surface area (Å²) in [5, 5.41) is 31.2. The Kier molecular flexibility index (Phi) is 9.83. The smallest absolute Gasteiger partial charge is 0.339 e. The number of halogens is 1. The molecule has 0 aliphatic carbocycles. The van der Waals surface area contributed by atoms with Gasteiger partial charge in [-0.1, -0.05) is 73.1 Å². The first-order valence-electron chi connectivity index (χ1n) is 13.2. The molecular weight excluding hydrogens is 562 g/mol. The van der Waals surface area contributed by atoms with Gasteiger partial charge in [0.25, 0.3) is 0 Å². The van der Waals surface area contributed by atoms with E-state index < -0.39 is 27.7 Å². The molecule has 0 radical (unpaired) electrons. The monoisotopic (exact) mass is 593 g/mol. The van der Waals surface area contributed by atoms with Gasteiger partial charge in [0.15, 0.2) is 0 Å². The zero-order valence-electron chi connectivity index (χ0n) is 22.6. The van der Waals surface area contributed by atoms with Crippen LogP contribution in [0.5, 0.6) is 5.75 Å². The molecule has 4 aromatic rings. The SMILES string of the molecule is CCc1c(S(=O)(=O)c2ccc(CCN(Cc3ccccc3)CC(O)c3cccc(Cl)c3)cc2)ccc(C(=O)O)c1O. The van der Waals surface area contributed by atoms with E-state index >= 15 is 0 Å². The maximum Gasteiger partial charge on any atom is 0.339 e. The highest BCUT2D eigenvalue weighted by Crippen LogP contribution is 2.33. The first kappa shape index (κ1) is 30.3. The molecule has 3 N–H and O–H groups in total. The molecule has 9 heteroatoms. The second kappa shape index (κ2) is 13.3. The molecule has 0 spiro atoms. The first-order chi connectivity index (χ1) is 19.6. The van der Waals surface area contributed by atoms with Gasteiger partial charge in [-0.25, -0.2) is 13.2 Å². The second-order valence-corrected chi connectivity index (χ2v) is 12.1. The Morgan fingerprint density at radius 3 is 2.27 bits per heavy atom. The topological polar surface area (TPSA) is 115 Å². The molecule has 0 bridgehead atoms. The first-order valence-corrected chi connectivity index (χ1v) is 15.1. The Bertz CT molecular complexity index is 1610. The molecular formula is C32H32ClNO6S. The Labute approximate surface area is 245 Å². The predicted molar refractivity (Wildman–Crippen MR) is 158 cm³/mol. The highest BCUT2D eigenvalue weighted by molar-refractivity contribution is 7.91. The minimum absolute atomic E-state index is 0.0518. The second-order valence-electron chi connectivity index (χ2n) is 9.79. The van der Waals surface area contributed by atoms with Gasteiger partial charge in [0.1, 0.15) is 11.3 Å². The van der Waals surface area contributed by atoms with E-state index in [4.69, 9.17) is 11.6 Å². The standard InChI is InChI=1S/C32H32ClNO6S/c1-2-27-30(16-15-28(31(27)36)32(37)38)41(39,40)26-13-11-22(12-14-26)17-18-34(20-23-7-4-3-5-8-23)21-29(35)24-9-6-10-25(33)19-24/h3-16,19,29,35-36H,2,17-18,20-21H2,1H3,(H,37,38). The normalized spacial score (nSPS) is 12.4. The number of aromatic hydroxyl groups is 1. The Hall–Kier alpha value is -3.69. The van der Waals surface area contributed by atoms with Crippen LogP contribution in [0.15, 0.2) is 101 Å². The van der Waals surface area contributed by atoms with Gasteiger partial charge in [-0.15, -0.1) is 0 Å². The summed E-state index contributed by atoms with van der Waals surface area (Å²) in [5.41, 5.74) is 2.50. The molecule has 41 heavy (non-hydrogen) atoms. The quantitative estimate of drug-likeness (QED) is 0.187. The van der Waals surface area contributed by atoms with Crippen molar-refractivity contribution in [1.82, 2.24) is 4.90 Å². The molecule has 4 aromatic carbocycles. The van der Waals surface area contributed by atoms with Crippen molar-refractivity contribution < 1.29 is 28.5 Å². The minimum Gasteiger partial charge on any atom is -0.507 e. The lowest BCUT2D eigenvalue weighted by Crippen LogP contribution is -2.30. The molecule has 7 nitrogen and oxygen atoms in total. The van der Waals surface area contributed by atoms with Crippen molar-refractivity contribution in [2.24, 2.45) is 0 Å². The number of aromatic carboxylic acids is 1. The number of carboxylic acids is 1. The van der Waals surface area contributed by atoms with Gasteiger partial charge < -0.3 is 15.3 Å². The van der Waals surface area contributed by atoms with Crippen LogP contribution in [0.25, 0.3) is 0 Å². The summed E-state index contributed by atoms with van der Waals surface area (Å²) in [4.78, 5) is 13.5. The number of carboxylic acid groups (broad SMARTS) is 1. The third-order valence-electron chi connectivity index (χ3n) is 6.98. The van der Waals surface area contributed by atoms with Crippen molar-refractivity contribution in [2.75, 3.05) is 13.1 Å². The van der Waals surface area contributed by atoms with Crippen molar-refractivity contribution in [3.05, 3.63) is 124 Å². The predicted octanol–water partition coefficient (Wildman–Crippen LogP) is 5.92. The summed E-state index contributed by atoms with van der Waals surface area (Å²) in [7, 11) is -3.99. The zero-order chi connectivity index (χ0) is 29.6.